The van der Waals surface area contributed by atoms with Crippen LogP contribution in [-0.2, 0) is 11.2 Å². The maximum absolute atomic E-state index is 10.3. The van der Waals surface area contributed by atoms with Crippen molar-refractivity contribution < 1.29 is 19.0 Å². The number of benzene rings is 1. The molecule has 0 radical (unpaired) electrons. The SMILES string of the molecule is CCOc1cc(CCC=CCCC=O)cc(OCC)c1OCC. The highest BCUT2D eigenvalue weighted by Gasteiger charge is 2.14. The van der Waals surface area contributed by atoms with Crippen LogP contribution >= 0.6 is 0 Å². The molecule has 0 unspecified atom stereocenters. The topological polar surface area (TPSA) is 44.8 Å². The van der Waals surface area contributed by atoms with Gasteiger partial charge in [0.05, 0.1) is 19.8 Å². The van der Waals surface area contributed by atoms with Gasteiger partial charge in [0, 0.05) is 6.42 Å². The molecule has 0 aliphatic rings. The minimum absolute atomic E-state index is 0.568. The lowest BCUT2D eigenvalue weighted by Crippen LogP contribution is -2.03. The Kier molecular flexibility index (Phi) is 9.60. The second kappa shape index (κ2) is 11.6. The second-order valence-corrected chi connectivity index (χ2v) is 4.97. The normalized spacial score (nSPS) is 10.7. The largest absolute Gasteiger partial charge is 0.490 e. The van der Waals surface area contributed by atoms with Crippen LogP contribution in [0.1, 0.15) is 45.6 Å². The summed E-state index contributed by atoms with van der Waals surface area (Å²) in [6.45, 7) is 7.60. The lowest BCUT2D eigenvalue weighted by atomic mass is 10.1. The summed E-state index contributed by atoms with van der Waals surface area (Å²) >= 11 is 0. The molecule has 0 saturated heterocycles. The highest BCUT2D eigenvalue weighted by atomic mass is 16.5. The Morgan fingerprint density at radius 2 is 1.39 bits per heavy atom. The third-order valence-corrected chi connectivity index (χ3v) is 3.19. The van der Waals surface area contributed by atoms with E-state index >= 15 is 0 Å². The van der Waals surface area contributed by atoms with E-state index in [0.717, 1.165) is 42.6 Å². The molecule has 0 aromatic heterocycles. The van der Waals surface area contributed by atoms with Crippen LogP contribution in [0.25, 0.3) is 0 Å². The number of aryl methyl sites for hydroxylation is 1. The van der Waals surface area contributed by atoms with E-state index in [1.807, 2.05) is 32.9 Å². The minimum Gasteiger partial charge on any atom is -0.490 e. The number of allylic oxidation sites excluding steroid dienone is 2. The van der Waals surface area contributed by atoms with Crippen molar-refractivity contribution in [2.24, 2.45) is 0 Å². The van der Waals surface area contributed by atoms with Crippen LogP contribution in [0.3, 0.4) is 0 Å². The van der Waals surface area contributed by atoms with Gasteiger partial charge in [0.25, 0.3) is 0 Å². The summed E-state index contributed by atoms with van der Waals surface area (Å²) in [5.41, 5.74) is 1.15. The van der Waals surface area contributed by atoms with E-state index in [9.17, 15) is 4.79 Å². The van der Waals surface area contributed by atoms with Crippen molar-refractivity contribution in [1.82, 2.24) is 0 Å². The molecule has 0 aliphatic carbocycles. The Labute approximate surface area is 139 Å². The van der Waals surface area contributed by atoms with Gasteiger partial charge in [-0.2, -0.15) is 0 Å². The fourth-order valence-corrected chi connectivity index (χ4v) is 2.24. The molecular formula is C19H28O4. The third-order valence-electron chi connectivity index (χ3n) is 3.19. The molecule has 0 saturated carbocycles. The molecule has 4 nitrogen and oxygen atoms in total. The van der Waals surface area contributed by atoms with Crippen molar-refractivity contribution in [3.63, 3.8) is 0 Å². The third kappa shape index (κ3) is 6.76. The average molecular weight is 320 g/mol. The number of carbonyl (C=O) groups excluding carboxylic acids is 1. The van der Waals surface area contributed by atoms with Gasteiger partial charge >= 0.3 is 0 Å². The molecule has 1 aromatic rings. The Morgan fingerprint density at radius 3 is 1.91 bits per heavy atom. The molecule has 0 fully saturated rings. The quantitative estimate of drug-likeness (QED) is 0.326. The zero-order chi connectivity index (χ0) is 16.9. The molecular weight excluding hydrogens is 292 g/mol. The highest BCUT2D eigenvalue weighted by molar-refractivity contribution is 5.54. The van der Waals surface area contributed by atoms with E-state index < -0.39 is 0 Å². The van der Waals surface area contributed by atoms with E-state index in [1.54, 1.807) is 0 Å². The van der Waals surface area contributed by atoms with Gasteiger partial charge in [-0.3, -0.25) is 0 Å². The highest BCUT2D eigenvalue weighted by Crippen LogP contribution is 2.39. The average Bonchev–Trinajstić information content (AvgIpc) is 2.54. The van der Waals surface area contributed by atoms with Crippen molar-refractivity contribution in [2.75, 3.05) is 19.8 Å². The molecule has 4 heteroatoms. The Morgan fingerprint density at radius 1 is 0.826 bits per heavy atom. The maximum atomic E-state index is 10.3. The van der Waals surface area contributed by atoms with Crippen molar-refractivity contribution in [3.8, 4) is 17.2 Å². The van der Waals surface area contributed by atoms with Crippen molar-refractivity contribution >= 4 is 6.29 Å². The molecule has 23 heavy (non-hydrogen) atoms. The van der Waals surface area contributed by atoms with Gasteiger partial charge in [0.1, 0.15) is 6.29 Å². The first kappa shape index (κ1) is 19.1. The van der Waals surface area contributed by atoms with Crippen molar-refractivity contribution in [2.45, 2.75) is 46.5 Å². The van der Waals surface area contributed by atoms with Gasteiger partial charge in [0.15, 0.2) is 11.5 Å². The minimum atomic E-state index is 0.568. The monoisotopic (exact) mass is 320 g/mol. The summed E-state index contributed by atoms with van der Waals surface area (Å²) in [4.78, 5) is 10.3. The summed E-state index contributed by atoms with van der Waals surface area (Å²) in [6, 6.07) is 4.05. The number of hydrogen-bond acceptors (Lipinski definition) is 4. The Hall–Kier alpha value is -1.97. The molecule has 1 aromatic carbocycles. The summed E-state index contributed by atoms with van der Waals surface area (Å²) in [7, 11) is 0. The van der Waals surface area contributed by atoms with E-state index in [1.165, 1.54) is 0 Å². The summed E-state index contributed by atoms with van der Waals surface area (Å²) in [6.07, 6.45) is 8.31. The standard InChI is InChI=1S/C19H28O4/c1-4-21-17-14-16(12-10-8-7-9-11-13-20)15-18(22-5-2)19(17)23-6-3/h7-8,13-15H,4-6,9-12H2,1-3H3. The van der Waals surface area contributed by atoms with Gasteiger partial charge in [-0.25, -0.2) is 0 Å². The van der Waals surface area contributed by atoms with Crippen LogP contribution in [0.5, 0.6) is 17.2 Å². The maximum Gasteiger partial charge on any atom is 0.203 e. The first-order chi connectivity index (χ1) is 11.3. The predicted molar refractivity (Wildman–Crippen MR) is 92.7 cm³/mol. The molecule has 128 valence electrons. The van der Waals surface area contributed by atoms with Crippen LogP contribution in [0.2, 0.25) is 0 Å². The van der Waals surface area contributed by atoms with Gasteiger partial charge in [0.2, 0.25) is 5.75 Å². The first-order valence-electron chi connectivity index (χ1n) is 8.40. The molecule has 0 bridgehead atoms. The first-order valence-corrected chi connectivity index (χ1v) is 8.40. The van der Waals surface area contributed by atoms with Crippen LogP contribution in [0, 0.1) is 0 Å². The number of rotatable bonds is 12. The van der Waals surface area contributed by atoms with Gasteiger partial charge < -0.3 is 19.0 Å². The van der Waals surface area contributed by atoms with E-state index in [0.29, 0.717) is 32.0 Å². The Balaban J connectivity index is 2.85. The lowest BCUT2D eigenvalue weighted by Gasteiger charge is -2.17. The predicted octanol–water partition coefficient (Wildman–Crippen LogP) is 4.35. The van der Waals surface area contributed by atoms with E-state index in [4.69, 9.17) is 14.2 Å². The summed E-state index contributed by atoms with van der Waals surface area (Å²) in [5.74, 6) is 2.15. The number of aldehydes is 1. The van der Waals surface area contributed by atoms with E-state index in [2.05, 4.69) is 12.2 Å². The van der Waals surface area contributed by atoms with Gasteiger partial charge in [-0.15, -0.1) is 0 Å². The molecule has 1 rings (SSSR count). The molecule has 0 spiro atoms. The molecule has 0 atom stereocenters. The molecule has 0 amide bonds. The molecule has 0 heterocycles. The fraction of sp³-hybridized carbons (Fsp3) is 0.526. The number of hydrogen-bond donors (Lipinski definition) is 0. The fourth-order valence-electron chi connectivity index (χ4n) is 2.24. The lowest BCUT2D eigenvalue weighted by molar-refractivity contribution is -0.107. The number of carbonyl (C=O) groups is 1. The molecule has 0 N–H and O–H groups in total. The molecule has 0 aliphatic heterocycles. The Bertz CT molecular complexity index is 467. The van der Waals surface area contributed by atoms with Crippen molar-refractivity contribution in [3.05, 3.63) is 29.8 Å². The van der Waals surface area contributed by atoms with Crippen LogP contribution in [-0.4, -0.2) is 26.1 Å². The second-order valence-electron chi connectivity index (χ2n) is 4.97. The van der Waals surface area contributed by atoms with Crippen LogP contribution in [0.15, 0.2) is 24.3 Å². The smallest absolute Gasteiger partial charge is 0.203 e. The van der Waals surface area contributed by atoms with Gasteiger partial charge in [-0.1, -0.05) is 12.2 Å². The number of unbranched alkanes of at least 4 members (excludes halogenated alkanes) is 1. The summed E-state index contributed by atoms with van der Waals surface area (Å²) < 4.78 is 17.1. The van der Waals surface area contributed by atoms with Crippen LogP contribution < -0.4 is 14.2 Å². The summed E-state index contributed by atoms with van der Waals surface area (Å²) in [5, 5.41) is 0. The van der Waals surface area contributed by atoms with Gasteiger partial charge in [-0.05, 0) is 57.7 Å². The zero-order valence-corrected chi connectivity index (χ0v) is 14.5. The van der Waals surface area contributed by atoms with E-state index in [-0.39, 0.29) is 0 Å². The number of ether oxygens (including phenoxy) is 3. The van der Waals surface area contributed by atoms with Crippen LogP contribution in [0.4, 0.5) is 0 Å². The van der Waals surface area contributed by atoms with Crippen molar-refractivity contribution in [1.29, 1.82) is 0 Å². The zero-order valence-electron chi connectivity index (χ0n) is 14.5.